The van der Waals surface area contributed by atoms with Crippen molar-refractivity contribution in [1.82, 2.24) is 9.97 Å². The maximum absolute atomic E-state index is 11.8. The summed E-state index contributed by atoms with van der Waals surface area (Å²) in [6.07, 6.45) is 0. The van der Waals surface area contributed by atoms with Crippen molar-refractivity contribution in [3.63, 3.8) is 0 Å². The number of hydrogen-bond donors (Lipinski definition) is 1. The topological polar surface area (TPSA) is 45.8 Å². The average Bonchev–Trinajstić information content (AvgIpc) is 2.27. The molecule has 0 amide bonds. The van der Waals surface area contributed by atoms with Crippen molar-refractivity contribution in [2.24, 2.45) is 0 Å². The van der Waals surface area contributed by atoms with Gasteiger partial charge in [-0.3, -0.25) is 4.79 Å². The van der Waals surface area contributed by atoms with Crippen molar-refractivity contribution in [2.75, 3.05) is 11.5 Å². The zero-order valence-corrected chi connectivity index (χ0v) is 13.0. The summed E-state index contributed by atoms with van der Waals surface area (Å²) in [6.45, 7) is 8.48. The highest BCUT2D eigenvalue weighted by atomic mass is 32.2. The molecule has 1 N–H and O–H groups in total. The van der Waals surface area contributed by atoms with Crippen LogP contribution in [-0.4, -0.2) is 26.7 Å². The fourth-order valence-corrected chi connectivity index (χ4v) is 4.64. The molecule has 0 bridgehead atoms. The van der Waals surface area contributed by atoms with E-state index in [9.17, 15) is 4.79 Å². The minimum atomic E-state index is -0.0846. The van der Waals surface area contributed by atoms with Crippen molar-refractivity contribution in [2.45, 2.75) is 43.6 Å². The van der Waals surface area contributed by atoms with Gasteiger partial charge in [-0.25, -0.2) is 4.98 Å². The lowest BCUT2D eigenvalue weighted by atomic mass is 9.92. The van der Waals surface area contributed by atoms with Gasteiger partial charge in [0.05, 0.1) is 10.9 Å². The number of aromatic amines is 1. The second kappa shape index (κ2) is 5.29. The lowest BCUT2D eigenvalue weighted by molar-refractivity contribution is 0.559. The fourth-order valence-electron chi connectivity index (χ4n) is 1.93. The maximum Gasteiger partial charge on any atom is 0.251 e. The van der Waals surface area contributed by atoms with E-state index in [2.05, 4.69) is 37.7 Å². The van der Waals surface area contributed by atoms with Gasteiger partial charge in [-0.2, -0.15) is 11.8 Å². The third-order valence-corrected chi connectivity index (χ3v) is 6.08. The van der Waals surface area contributed by atoms with Gasteiger partial charge in [-0.15, -0.1) is 11.8 Å². The van der Waals surface area contributed by atoms with Crippen molar-refractivity contribution < 1.29 is 0 Å². The summed E-state index contributed by atoms with van der Waals surface area (Å²) in [7, 11) is 0. The molecule has 100 valence electrons. The van der Waals surface area contributed by atoms with Gasteiger partial charge in [0.25, 0.3) is 5.56 Å². The Labute approximate surface area is 117 Å². The molecule has 1 aliphatic rings. The summed E-state index contributed by atoms with van der Waals surface area (Å²) in [4.78, 5) is 19.4. The van der Waals surface area contributed by atoms with Crippen LogP contribution < -0.4 is 5.56 Å². The SMILES string of the molecule is CC1SCCSC1c1nc(C(C)(C)C)cc(=O)[nH]1. The summed E-state index contributed by atoms with van der Waals surface area (Å²) >= 11 is 3.86. The van der Waals surface area contributed by atoms with E-state index in [4.69, 9.17) is 0 Å². The Morgan fingerprint density at radius 2 is 2.00 bits per heavy atom. The first-order chi connectivity index (χ1) is 8.38. The molecule has 2 unspecified atom stereocenters. The zero-order chi connectivity index (χ0) is 13.3. The molecule has 0 saturated carbocycles. The van der Waals surface area contributed by atoms with E-state index in [0.29, 0.717) is 10.5 Å². The quantitative estimate of drug-likeness (QED) is 0.861. The molecular formula is C13H20N2OS2. The van der Waals surface area contributed by atoms with Crippen LogP contribution in [0.4, 0.5) is 0 Å². The van der Waals surface area contributed by atoms with Gasteiger partial charge >= 0.3 is 0 Å². The van der Waals surface area contributed by atoms with E-state index in [1.165, 1.54) is 5.75 Å². The normalized spacial score (nSPS) is 25.1. The molecular weight excluding hydrogens is 264 g/mol. The summed E-state index contributed by atoms with van der Waals surface area (Å²) in [5.74, 6) is 3.16. The minimum absolute atomic E-state index is 0.0340. The predicted octanol–water partition coefficient (Wildman–Crippen LogP) is 2.98. The molecule has 1 fully saturated rings. The average molecular weight is 284 g/mol. The van der Waals surface area contributed by atoms with Crippen LogP contribution in [0.5, 0.6) is 0 Å². The second-order valence-corrected chi connectivity index (χ2v) is 8.37. The van der Waals surface area contributed by atoms with Crippen LogP contribution in [0, 0.1) is 0 Å². The second-order valence-electron chi connectivity index (χ2n) is 5.63. The standard InChI is InChI=1S/C13H20N2OS2/c1-8-11(18-6-5-17-8)12-14-9(13(2,3)4)7-10(16)15-12/h7-8,11H,5-6H2,1-4H3,(H,14,15,16). The van der Waals surface area contributed by atoms with E-state index in [0.717, 1.165) is 17.3 Å². The van der Waals surface area contributed by atoms with Gasteiger partial charge in [0.1, 0.15) is 5.82 Å². The van der Waals surface area contributed by atoms with Gasteiger partial charge in [-0.05, 0) is 0 Å². The van der Waals surface area contributed by atoms with Gasteiger partial charge in [0.15, 0.2) is 0 Å². The monoisotopic (exact) mass is 284 g/mol. The van der Waals surface area contributed by atoms with Crippen LogP contribution in [0.15, 0.2) is 10.9 Å². The predicted molar refractivity (Wildman–Crippen MR) is 80.7 cm³/mol. The van der Waals surface area contributed by atoms with Crippen LogP contribution in [0.1, 0.15) is 44.5 Å². The van der Waals surface area contributed by atoms with Crippen LogP contribution in [0.3, 0.4) is 0 Å². The molecule has 18 heavy (non-hydrogen) atoms. The minimum Gasteiger partial charge on any atom is -0.310 e. The van der Waals surface area contributed by atoms with Crippen molar-refractivity contribution >= 4 is 23.5 Å². The van der Waals surface area contributed by atoms with Crippen LogP contribution in [-0.2, 0) is 5.41 Å². The lowest BCUT2D eigenvalue weighted by Crippen LogP contribution is -2.25. The lowest BCUT2D eigenvalue weighted by Gasteiger charge is -2.28. The molecule has 5 heteroatoms. The summed E-state index contributed by atoms with van der Waals surface area (Å²) in [5, 5.41) is 0.806. The van der Waals surface area contributed by atoms with Gasteiger partial charge in [0.2, 0.25) is 0 Å². The smallest absolute Gasteiger partial charge is 0.251 e. The molecule has 1 aliphatic heterocycles. The molecule has 1 aromatic rings. The Hall–Kier alpha value is -0.420. The molecule has 1 saturated heterocycles. The number of H-pyrrole nitrogens is 1. The van der Waals surface area contributed by atoms with E-state index < -0.39 is 0 Å². The molecule has 3 nitrogen and oxygen atoms in total. The van der Waals surface area contributed by atoms with Gasteiger partial charge in [-0.1, -0.05) is 27.7 Å². The van der Waals surface area contributed by atoms with E-state index in [1.807, 2.05) is 23.5 Å². The molecule has 2 atom stereocenters. The molecule has 0 spiro atoms. The van der Waals surface area contributed by atoms with Crippen LogP contribution >= 0.6 is 23.5 Å². The Morgan fingerprint density at radius 3 is 2.61 bits per heavy atom. The number of nitrogens with one attached hydrogen (secondary N) is 1. The Kier molecular flexibility index (Phi) is 4.11. The number of thioether (sulfide) groups is 2. The fraction of sp³-hybridized carbons (Fsp3) is 0.692. The van der Waals surface area contributed by atoms with Crippen LogP contribution in [0.2, 0.25) is 0 Å². The highest BCUT2D eigenvalue weighted by Crippen LogP contribution is 2.40. The molecule has 0 aliphatic carbocycles. The van der Waals surface area contributed by atoms with Gasteiger partial charge < -0.3 is 4.98 Å². The summed E-state index contributed by atoms with van der Waals surface area (Å²) < 4.78 is 0. The summed E-state index contributed by atoms with van der Waals surface area (Å²) in [6, 6.07) is 1.62. The third kappa shape index (κ3) is 3.12. The van der Waals surface area contributed by atoms with E-state index in [1.54, 1.807) is 6.07 Å². The number of aromatic nitrogens is 2. The summed E-state index contributed by atoms with van der Waals surface area (Å²) in [5.41, 5.74) is 0.761. The first-order valence-corrected chi connectivity index (χ1v) is 8.32. The van der Waals surface area contributed by atoms with E-state index in [-0.39, 0.29) is 11.0 Å². The highest BCUT2D eigenvalue weighted by Gasteiger charge is 2.27. The van der Waals surface area contributed by atoms with E-state index >= 15 is 0 Å². The molecule has 1 aromatic heterocycles. The number of rotatable bonds is 1. The van der Waals surface area contributed by atoms with Crippen LogP contribution in [0.25, 0.3) is 0 Å². The molecule has 2 rings (SSSR count). The first-order valence-electron chi connectivity index (χ1n) is 6.23. The van der Waals surface area contributed by atoms with Crippen molar-refractivity contribution in [3.8, 4) is 0 Å². The Morgan fingerprint density at radius 1 is 1.33 bits per heavy atom. The Bertz CT molecular complexity index is 479. The first kappa shape index (κ1) is 14.0. The number of nitrogens with zero attached hydrogens (tertiary/aromatic N) is 1. The van der Waals surface area contributed by atoms with Crippen molar-refractivity contribution in [3.05, 3.63) is 27.9 Å². The maximum atomic E-state index is 11.8. The molecule has 0 aromatic carbocycles. The zero-order valence-electron chi connectivity index (χ0n) is 11.3. The highest BCUT2D eigenvalue weighted by molar-refractivity contribution is 8.06. The number of hydrogen-bond acceptors (Lipinski definition) is 4. The van der Waals surface area contributed by atoms with Crippen molar-refractivity contribution in [1.29, 1.82) is 0 Å². The van der Waals surface area contributed by atoms with Gasteiger partial charge in [0, 0.05) is 28.2 Å². The Balaban J connectivity index is 2.39. The molecule has 2 heterocycles. The molecule has 0 radical (unpaired) electrons. The largest absolute Gasteiger partial charge is 0.310 e. The third-order valence-electron chi connectivity index (χ3n) is 2.99.